The van der Waals surface area contributed by atoms with Gasteiger partial charge in [-0.2, -0.15) is 13.1 Å². The van der Waals surface area contributed by atoms with Gasteiger partial charge in [0.1, 0.15) is 15.9 Å². The van der Waals surface area contributed by atoms with Gasteiger partial charge in [0.05, 0.1) is 11.7 Å². The monoisotopic (exact) mass is 481 g/mol. The molecular formula is C23H23N5O3S2. The molecule has 1 aliphatic heterocycles. The number of anilines is 1. The number of rotatable bonds is 6. The van der Waals surface area contributed by atoms with Crippen LogP contribution in [0.15, 0.2) is 65.6 Å². The topological polar surface area (TPSA) is 95.5 Å². The smallest absolute Gasteiger partial charge is 0.245 e. The van der Waals surface area contributed by atoms with E-state index < -0.39 is 10.0 Å². The van der Waals surface area contributed by atoms with Crippen molar-refractivity contribution in [1.82, 2.24) is 18.0 Å². The lowest BCUT2D eigenvalue weighted by Crippen LogP contribution is -2.49. The van der Waals surface area contributed by atoms with E-state index in [-0.39, 0.29) is 10.8 Å². The number of piperazine rings is 1. The highest BCUT2D eigenvalue weighted by Crippen LogP contribution is 2.25. The third-order valence-corrected chi connectivity index (χ3v) is 8.39. The molecule has 10 heteroatoms. The van der Waals surface area contributed by atoms with Gasteiger partial charge in [-0.3, -0.25) is 4.79 Å². The molecule has 5 rings (SSSR count). The molecular weight excluding hydrogens is 458 g/mol. The first kappa shape index (κ1) is 21.9. The number of carbonyl (C=O) groups is 1. The number of hydrogen-bond donors (Lipinski definition) is 1. The summed E-state index contributed by atoms with van der Waals surface area (Å²) in [4.78, 5) is 14.9. The second-order valence-corrected chi connectivity index (χ2v) is 10.4. The minimum Gasteiger partial charge on any atom is -0.325 e. The van der Waals surface area contributed by atoms with E-state index in [2.05, 4.69) is 19.0 Å². The molecule has 1 aromatic heterocycles. The molecule has 0 atom stereocenters. The van der Waals surface area contributed by atoms with Gasteiger partial charge in [0, 0.05) is 50.2 Å². The SMILES string of the molecule is O=C(CCN1CCN(S(=O)(=O)c2cccc3nsnc23)CC1)Nc1cccc2ccccc12. The molecule has 8 nitrogen and oxygen atoms in total. The predicted octanol–water partition coefficient (Wildman–Crippen LogP) is 3.18. The van der Waals surface area contributed by atoms with Gasteiger partial charge < -0.3 is 10.2 Å². The van der Waals surface area contributed by atoms with Crippen LogP contribution >= 0.6 is 11.7 Å². The molecule has 1 aliphatic rings. The fraction of sp³-hybridized carbons (Fsp3) is 0.261. The number of nitrogens with zero attached hydrogens (tertiary/aromatic N) is 4. The number of aromatic nitrogens is 2. The number of amides is 1. The average molecular weight is 482 g/mol. The predicted molar refractivity (Wildman–Crippen MR) is 130 cm³/mol. The fourth-order valence-electron chi connectivity index (χ4n) is 4.13. The van der Waals surface area contributed by atoms with Crippen LogP contribution in [0.1, 0.15) is 6.42 Å². The summed E-state index contributed by atoms with van der Waals surface area (Å²) in [5, 5.41) is 5.10. The zero-order valence-corrected chi connectivity index (χ0v) is 19.5. The van der Waals surface area contributed by atoms with Crippen molar-refractivity contribution in [2.24, 2.45) is 0 Å². The molecule has 3 aromatic carbocycles. The molecule has 0 aliphatic carbocycles. The zero-order valence-electron chi connectivity index (χ0n) is 17.8. The van der Waals surface area contributed by atoms with Crippen molar-refractivity contribution in [3.05, 3.63) is 60.7 Å². The number of benzene rings is 3. The lowest BCUT2D eigenvalue weighted by Gasteiger charge is -2.33. The van der Waals surface area contributed by atoms with Gasteiger partial charge in [0.2, 0.25) is 15.9 Å². The summed E-state index contributed by atoms with van der Waals surface area (Å²) >= 11 is 1.01. The van der Waals surface area contributed by atoms with Crippen molar-refractivity contribution in [2.45, 2.75) is 11.3 Å². The lowest BCUT2D eigenvalue weighted by atomic mass is 10.1. The van der Waals surface area contributed by atoms with Crippen LogP contribution in [0, 0.1) is 0 Å². The Kier molecular flexibility index (Phi) is 6.07. The molecule has 1 saturated heterocycles. The molecule has 1 amide bonds. The van der Waals surface area contributed by atoms with Gasteiger partial charge in [-0.25, -0.2) is 8.42 Å². The van der Waals surface area contributed by atoms with Gasteiger partial charge in [-0.1, -0.05) is 42.5 Å². The normalized spacial score (nSPS) is 15.8. The molecule has 0 bridgehead atoms. The van der Waals surface area contributed by atoms with E-state index in [1.165, 1.54) is 4.31 Å². The summed E-state index contributed by atoms with van der Waals surface area (Å²) in [7, 11) is -3.64. The van der Waals surface area contributed by atoms with Crippen molar-refractivity contribution in [3.8, 4) is 0 Å². The van der Waals surface area contributed by atoms with E-state index in [1.54, 1.807) is 18.2 Å². The maximum atomic E-state index is 13.2. The number of nitrogens with one attached hydrogen (secondary N) is 1. The fourth-order valence-corrected chi connectivity index (χ4v) is 6.30. The van der Waals surface area contributed by atoms with Crippen LogP contribution in [0.2, 0.25) is 0 Å². The van der Waals surface area contributed by atoms with E-state index in [0.29, 0.717) is 50.2 Å². The highest BCUT2D eigenvalue weighted by molar-refractivity contribution is 7.89. The zero-order chi connectivity index (χ0) is 22.8. The Morgan fingerprint density at radius 1 is 0.939 bits per heavy atom. The number of carbonyl (C=O) groups excluding carboxylic acids is 1. The quantitative estimate of drug-likeness (QED) is 0.455. The average Bonchev–Trinajstić information content (AvgIpc) is 3.32. The number of sulfonamides is 1. The third-order valence-electron chi connectivity index (χ3n) is 5.92. The van der Waals surface area contributed by atoms with Crippen LogP contribution in [-0.2, 0) is 14.8 Å². The first-order chi connectivity index (χ1) is 16.0. The summed E-state index contributed by atoms with van der Waals surface area (Å²) in [6.07, 6.45) is 0.347. The van der Waals surface area contributed by atoms with E-state index in [9.17, 15) is 13.2 Å². The molecule has 0 radical (unpaired) electrons. The minimum absolute atomic E-state index is 0.0517. The Morgan fingerprint density at radius 2 is 1.70 bits per heavy atom. The van der Waals surface area contributed by atoms with E-state index >= 15 is 0 Å². The maximum absolute atomic E-state index is 13.2. The van der Waals surface area contributed by atoms with Crippen molar-refractivity contribution in [2.75, 3.05) is 38.0 Å². The standard InChI is InChI=1S/C23H23N5O3S2/c29-22(24-19-8-3-6-17-5-1-2-7-18(17)19)11-12-27-13-15-28(16-14-27)33(30,31)21-10-4-9-20-23(21)26-32-25-20/h1-10H,11-16H2,(H,24,29). The Bertz CT molecular complexity index is 1410. The second-order valence-electron chi connectivity index (χ2n) is 7.96. The largest absolute Gasteiger partial charge is 0.325 e. The lowest BCUT2D eigenvalue weighted by molar-refractivity contribution is -0.116. The summed E-state index contributed by atoms with van der Waals surface area (Å²) in [6, 6.07) is 18.8. The Morgan fingerprint density at radius 3 is 2.55 bits per heavy atom. The van der Waals surface area contributed by atoms with Gasteiger partial charge in [0.15, 0.2) is 0 Å². The van der Waals surface area contributed by atoms with E-state index in [4.69, 9.17) is 0 Å². The van der Waals surface area contributed by atoms with Crippen molar-refractivity contribution in [3.63, 3.8) is 0 Å². The van der Waals surface area contributed by atoms with Crippen LogP contribution in [-0.4, -0.2) is 65.0 Å². The molecule has 1 N–H and O–H groups in total. The van der Waals surface area contributed by atoms with Crippen LogP contribution in [0.25, 0.3) is 21.8 Å². The Hall–Kier alpha value is -2.92. The first-order valence-electron chi connectivity index (χ1n) is 10.7. The highest BCUT2D eigenvalue weighted by Gasteiger charge is 2.30. The molecule has 2 heterocycles. The molecule has 0 saturated carbocycles. The van der Waals surface area contributed by atoms with E-state index in [1.807, 2.05) is 42.5 Å². The minimum atomic E-state index is -3.64. The number of fused-ring (bicyclic) bond motifs is 2. The second kappa shape index (κ2) is 9.14. The summed E-state index contributed by atoms with van der Waals surface area (Å²) < 4.78 is 36.1. The third kappa shape index (κ3) is 4.47. The molecule has 4 aromatic rings. The highest BCUT2D eigenvalue weighted by atomic mass is 32.2. The van der Waals surface area contributed by atoms with Gasteiger partial charge in [-0.05, 0) is 23.6 Å². The van der Waals surface area contributed by atoms with Crippen molar-refractivity contribution in [1.29, 1.82) is 0 Å². The number of hydrogen-bond acceptors (Lipinski definition) is 7. The van der Waals surface area contributed by atoms with Crippen LogP contribution in [0.3, 0.4) is 0 Å². The van der Waals surface area contributed by atoms with Crippen molar-refractivity contribution < 1.29 is 13.2 Å². The molecule has 0 spiro atoms. The van der Waals surface area contributed by atoms with Gasteiger partial charge in [0.25, 0.3) is 0 Å². The van der Waals surface area contributed by atoms with Crippen LogP contribution < -0.4 is 5.32 Å². The molecule has 170 valence electrons. The van der Waals surface area contributed by atoms with Crippen LogP contribution in [0.4, 0.5) is 5.69 Å². The Balaban J connectivity index is 1.17. The maximum Gasteiger partial charge on any atom is 0.245 e. The molecule has 1 fully saturated rings. The Labute approximate surface area is 196 Å². The molecule has 33 heavy (non-hydrogen) atoms. The van der Waals surface area contributed by atoms with E-state index in [0.717, 1.165) is 28.2 Å². The molecule has 0 unspecified atom stereocenters. The first-order valence-corrected chi connectivity index (χ1v) is 12.9. The van der Waals surface area contributed by atoms with Gasteiger partial charge >= 0.3 is 0 Å². The van der Waals surface area contributed by atoms with Gasteiger partial charge in [-0.15, -0.1) is 0 Å². The van der Waals surface area contributed by atoms with Crippen molar-refractivity contribution >= 4 is 55.2 Å². The van der Waals surface area contributed by atoms with Crippen LogP contribution in [0.5, 0.6) is 0 Å². The summed E-state index contributed by atoms with van der Waals surface area (Å²) in [5.74, 6) is -0.0517. The summed E-state index contributed by atoms with van der Waals surface area (Å²) in [5.41, 5.74) is 1.83. The summed E-state index contributed by atoms with van der Waals surface area (Å²) in [6.45, 7) is 2.48.